The number of esters is 1. The van der Waals surface area contributed by atoms with E-state index in [1.54, 1.807) is 11.8 Å². The van der Waals surface area contributed by atoms with E-state index in [9.17, 15) is 19.7 Å². The lowest BCUT2D eigenvalue weighted by Crippen LogP contribution is -2.11. The van der Waals surface area contributed by atoms with Crippen molar-refractivity contribution in [3.8, 4) is 0 Å². The van der Waals surface area contributed by atoms with Gasteiger partial charge in [-0.1, -0.05) is 6.92 Å². The smallest absolute Gasteiger partial charge is 0.313 e. The maximum atomic E-state index is 11.6. The van der Waals surface area contributed by atoms with Gasteiger partial charge in [0.25, 0.3) is 5.69 Å². The van der Waals surface area contributed by atoms with Crippen LogP contribution in [0.4, 0.5) is 5.69 Å². The molecule has 0 saturated heterocycles. The third-order valence-electron chi connectivity index (χ3n) is 2.84. The summed E-state index contributed by atoms with van der Waals surface area (Å²) in [5.74, 6) is 1.25. The van der Waals surface area contributed by atoms with E-state index in [0.29, 0.717) is 12.0 Å². The zero-order chi connectivity index (χ0) is 16.4. The van der Waals surface area contributed by atoms with Gasteiger partial charge >= 0.3 is 5.97 Å². The highest BCUT2D eigenvalue weighted by Crippen LogP contribution is 2.13. The van der Waals surface area contributed by atoms with Crippen molar-refractivity contribution in [2.45, 2.75) is 32.8 Å². The van der Waals surface area contributed by atoms with Crippen molar-refractivity contribution in [2.24, 2.45) is 0 Å². The van der Waals surface area contributed by atoms with Crippen LogP contribution >= 0.6 is 11.8 Å². The molecule has 1 aromatic rings. The number of rotatable bonds is 10. The van der Waals surface area contributed by atoms with E-state index in [2.05, 4.69) is 6.92 Å². The number of ketones is 1. The Balaban J connectivity index is 2.27. The molecule has 0 bridgehead atoms. The van der Waals surface area contributed by atoms with E-state index in [1.807, 2.05) is 0 Å². The molecule has 0 N–H and O–H groups in total. The van der Waals surface area contributed by atoms with Gasteiger partial charge < -0.3 is 4.74 Å². The van der Waals surface area contributed by atoms with Crippen LogP contribution in [0.2, 0.25) is 0 Å². The molecule has 0 fully saturated rings. The standard InChI is InChI=1S/C15H19NO5S/c1-2-22-9-3-4-14(17)10-15(18)21-11-12-5-7-13(8-6-12)16(19)20/h5-8H,2-4,9-11H2,1H3. The van der Waals surface area contributed by atoms with Crippen LogP contribution in [0.5, 0.6) is 0 Å². The van der Waals surface area contributed by atoms with Crippen molar-refractivity contribution in [3.63, 3.8) is 0 Å². The molecular weight excluding hydrogens is 306 g/mol. The molecule has 0 aliphatic rings. The van der Waals surface area contributed by atoms with Gasteiger partial charge in [-0.25, -0.2) is 0 Å². The highest BCUT2D eigenvalue weighted by molar-refractivity contribution is 7.99. The van der Waals surface area contributed by atoms with Crippen LogP contribution in [0, 0.1) is 10.1 Å². The van der Waals surface area contributed by atoms with Gasteiger partial charge in [0.1, 0.15) is 18.8 Å². The van der Waals surface area contributed by atoms with Crippen LogP contribution in [0.3, 0.4) is 0 Å². The molecule has 0 amide bonds. The fourth-order valence-electron chi connectivity index (χ4n) is 1.69. The summed E-state index contributed by atoms with van der Waals surface area (Å²) < 4.78 is 4.99. The minimum absolute atomic E-state index is 0.00972. The second kappa shape index (κ2) is 9.94. The second-order valence-electron chi connectivity index (χ2n) is 4.60. The zero-order valence-corrected chi connectivity index (χ0v) is 13.3. The van der Waals surface area contributed by atoms with Crippen molar-refractivity contribution in [3.05, 3.63) is 39.9 Å². The van der Waals surface area contributed by atoms with Crippen LogP contribution < -0.4 is 0 Å². The summed E-state index contributed by atoms with van der Waals surface area (Å²) in [5, 5.41) is 10.5. The van der Waals surface area contributed by atoms with Gasteiger partial charge in [0.15, 0.2) is 0 Å². The van der Waals surface area contributed by atoms with Gasteiger partial charge in [0.2, 0.25) is 0 Å². The monoisotopic (exact) mass is 325 g/mol. The Morgan fingerprint density at radius 1 is 1.27 bits per heavy atom. The number of thioether (sulfide) groups is 1. The molecular formula is C15H19NO5S. The minimum Gasteiger partial charge on any atom is -0.460 e. The van der Waals surface area contributed by atoms with Gasteiger partial charge in [-0.2, -0.15) is 11.8 Å². The number of nitro benzene ring substituents is 1. The summed E-state index contributed by atoms with van der Waals surface area (Å²) in [4.78, 5) is 33.1. The lowest BCUT2D eigenvalue weighted by Gasteiger charge is -2.04. The average molecular weight is 325 g/mol. The van der Waals surface area contributed by atoms with E-state index in [0.717, 1.165) is 17.9 Å². The molecule has 0 saturated carbocycles. The highest BCUT2D eigenvalue weighted by Gasteiger charge is 2.11. The maximum Gasteiger partial charge on any atom is 0.313 e. The van der Waals surface area contributed by atoms with Crippen molar-refractivity contribution in [2.75, 3.05) is 11.5 Å². The van der Waals surface area contributed by atoms with E-state index in [1.165, 1.54) is 24.3 Å². The Hall–Kier alpha value is -1.89. The average Bonchev–Trinajstić information content (AvgIpc) is 2.50. The number of nitrogens with zero attached hydrogens (tertiary/aromatic N) is 1. The molecule has 0 aliphatic carbocycles. The van der Waals surface area contributed by atoms with Gasteiger partial charge in [0.05, 0.1) is 4.92 Å². The molecule has 0 spiro atoms. The number of non-ortho nitro benzene ring substituents is 1. The molecule has 0 heterocycles. The minimum atomic E-state index is -0.563. The molecule has 0 atom stereocenters. The predicted octanol–water partition coefficient (Wildman–Crippen LogP) is 3.13. The number of benzene rings is 1. The molecule has 0 unspecified atom stereocenters. The third-order valence-corrected chi connectivity index (χ3v) is 3.82. The summed E-state index contributed by atoms with van der Waals surface area (Å²) >= 11 is 1.76. The molecule has 1 aromatic carbocycles. The predicted molar refractivity (Wildman–Crippen MR) is 84.7 cm³/mol. The number of carbonyl (C=O) groups excluding carboxylic acids is 2. The lowest BCUT2D eigenvalue weighted by molar-refractivity contribution is -0.384. The first kappa shape index (κ1) is 18.2. The molecule has 120 valence electrons. The number of ether oxygens (including phenoxy) is 1. The molecule has 0 radical (unpaired) electrons. The molecule has 0 aliphatic heterocycles. The molecule has 22 heavy (non-hydrogen) atoms. The summed E-state index contributed by atoms with van der Waals surface area (Å²) in [6, 6.07) is 5.74. The van der Waals surface area contributed by atoms with Gasteiger partial charge in [-0.15, -0.1) is 0 Å². The first-order chi connectivity index (χ1) is 10.5. The van der Waals surface area contributed by atoms with E-state index in [-0.39, 0.29) is 24.5 Å². The Bertz CT molecular complexity index is 515. The molecule has 6 nitrogen and oxygen atoms in total. The topological polar surface area (TPSA) is 86.5 Å². The first-order valence-electron chi connectivity index (χ1n) is 7.01. The Morgan fingerprint density at radius 3 is 2.55 bits per heavy atom. The van der Waals surface area contributed by atoms with E-state index in [4.69, 9.17) is 4.74 Å². The SMILES string of the molecule is CCSCCCC(=O)CC(=O)OCc1ccc([N+](=O)[O-])cc1. The van der Waals surface area contributed by atoms with Crippen LogP contribution in [0.15, 0.2) is 24.3 Å². The van der Waals surface area contributed by atoms with Crippen molar-refractivity contribution in [1.82, 2.24) is 0 Å². The fraction of sp³-hybridized carbons (Fsp3) is 0.467. The third kappa shape index (κ3) is 7.21. The molecule has 7 heteroatoms. The van der Waals surface area contributed by atoms with E-state index < -0.39 is 10.9 Å². The van der Waals surface area contributed by atoms with Gasteiger partial charge in [-0.3, -0.25) is 19.7 Å². The maximum absolute atomic E-state index is 11.6. The van der Waals surface area contributed by atoms with Crippen LogP contribution in [0.25, 0.3) is 0 Å². The summed E-state index contributed by atoms with van der Waals surface area (Å²) in [6.45, 7) is 2.07. The van der Waals surface area contributed by atoms with Crippen LogP contribution in [-0.4, -0.2) is 28.2 Å². The normalized spacial score (nSPS) is 10.2. The quantitative estimate of drug-likeness (QED) is 0.216. The van der Waals surface area contributed by atoms with Gasteiger partial charge in [-0.05, 0) is 35.6 Å². The number of Topliss-reactive ketones (excluding diaryl/α,β-unsaturated/α-hetero) is 1. The Kier molecular flexibility index (Phi) is 8.21. The lowest BCUT2D eigenvalue weighted by atomic mass is 10.2. The first-order valence-corrected chi connectivity index (χ1v) is 8.16. The molecule has 0 aromatic heterocycles. The van der Waals surface area contributed by atoms with Crippen molar-refractivity contribution < 1.29 is 19.2 Å². The van der Waals surface area contributed by atoms with Crippen molar-refractivity contribution >= 4 is 29.2 Å². The summed E-state index contributed by atoms with van der Waals surface area (Å²) in [5.41, 5.74) is 0.626. The molecule has 1 rings (SSSR count). The number of carbonyl (C=O) groups is 2. The van der Waals surface area contributed by atoms with Crippen LogP contribution in [0.1, 0.15) is 31.7 Å². The second-order valence-corrected chi connectivity index (χ2v) is 5.99. The Labute approximate surface area is 133 Å². The number of nitro groups is 1. The fourth-order valence-corrected chi connectivity index (χ4v) is 2.33. The summed E-state index contributed by atoms with van der Waals surface area (Å²) in [6.07, 6.45) is 0.941. The van der Waals surface area contributed by atoms with Crippen LogP contribution in [-0.2, 0) is 20.9 Å². The van der Waals surface area contributed by atoms with Crippen molar-refractivity contribution in [1.29, 1.82) is 0 Å². The largest absolute Gasteiger partial charge is 0.460 e. The zero-order valence-electron chi connectivity index (χ0n) is 12.4. The number of hydrogen-bond acceptors (Lipinski definition) is 6. The number of hydrogen-bond donors (Lipinski definition) is 0. The van der Waals surface area contributed by atoms with E-state index >= 15 is 0 Å². The van der Waals surface area contributed by atoms with Gasteiger partial charge in [0, 0.05) is 18.6 Å². The summed E-state index contributed by atoms with van der Waals surface area (Å²) in [7, 11) is 0. The Morgan fingerprint density at radius 2 is 1.95 bits per heavy atom. The highest BCUT2D eigenvalue weighted by atomic mass is 32.2.